The molecule has 0 N–H and O–H groups in total. The summed E-state index contributed by atoms with van der Waals surface area (Å²) in [4.78, 5) is 2.15. The van der Waals surface area contributed by atoms with Crippen molar-refractivity contribution >= 4 is 0 Å². The Morgan fingerprint density at radius 2 is 1.50 bits per heavy atom. The molecule has 0 heterocycles. The SMILES string of the molecule is CC(C)N(CCC#N)CCC#N. The van der Waals surface area contributed by atoms with Gasteiger partial charge in [0.05, 0.1) is 12.1 Å². The van der Waals surface area contributed by atoms with Gasteiger partial charge in [-0.3, -0.25) is 4.90 Å². The lowest BCUT2D eigenvalue weighted by atomic mass is 10.2. The van der Waals surface area contributed by atoms with Gasteiger partial charge in [0.2, 0.25) is 0 Å². The van der Waals surface area contributed by atoms with Crippen LogP contribution in [0.3, 0.4) is 0 Å². The molecule has 0 aliphatic rings. The molecule has 12 heavy (non-hydrogen) atoms. The first-order valence-corrected chi connectivity index (χ1v) is 4.20. The van der Waals surface area contributed by atoms with Gasteiger partial charge in [-0.1, -0.05) is 0 Å². The average Bonchev–Trinajstić information content (AvgIpc) is 2.04. The van der Waals surface area contributed by atoms with Gasteiger partial charge in [0.15, 0.2) is 0 Å². The van der Waals surface area contributed by atoms with Crippen molar-refractivity contribution in [2.75, 3.05) is 13.1 Å². The van der Waals surface area contributed by atoms with Gasteiger partial charge in [0.1, 0.15) is 0 Å². The molecule has 0 spiro atoms. The highest BCUT2D eigenvalue weighted by atomic mass is 15.1. The maximum atomic E-state index is 8.38. The summed E-state index contributed by atoms with van der Waals surface area (Å²) in [7, 11) is 0. The van der Waals surface area contributed by atoms with Crippen LogP contribution in [0.1, 0.15) is 26.7 Å². The number of nitriles is 2. The van der Waals surface area contributed by atoms with Crippen molar-refractivity contribution in [3.63, 3.8) is 0 Å². The molecule has 0 aliphatic carbocycles. The molecule has 0 aliphatic heterocycles. The van der Waals surface area contributed by atoms with Crippen LogP contribution < -0.4 is 0 Å². The summed E-state index contributed by atoms with van der Waals surface area (Å²) in [6.45, 7) is 5.70. The van der Waals surface area contributed by atoms with Crippen LogP contribution in [0.15, 0.2) is 0 Å². The fourth-order valence-corrected chi connectivity index (χ4v) is 1.02. The molecule has 0 bridgehead atoms. The topological polar surface area (TPSA) is 50.8 Å². The van der Waals surface area contributed by atoms with Gasteiger partial charge in [-0.25, -0.2) is 0 Å². The normalized spacial score (nSPS) is 9.83. The Bertz CT molecular complexity index is 167. The Kier molecular flexibility index (Phi) is 6.05. The lowest BCUT2D eigenvalue weighted by Crippen LogP contribution is -2.32. The zero-order valence-corrected chi connectivity index (χ0v) is 7.75. The highest BCUT2D eigenvalue weighted by Crippen LogP contribution is 2.00. The predicted molar refractivity (Wildman–Crippen MR) is 47.2 cm³/mol. The fourth-order valence-electron chi connectivity index (χ4n) is 1.02. The minimum atomic E-state index is 0.423. The van der Waals surface area contributed by atoms with Gasteiger partial charge < -0.3 is 0 Å². The second-order valence-corrected chi connectivity index (χ2v) is 2.95. The van der Waals surface area contributed by atoms with Crippen molar-refractivity contribution in [1.29, 1.82) is 10.5 Å². The Hall–Kier alpha value is -1.06. The summed E-state index contributed by atoms with van der Waals surface area (Å²) in [5.41, 5.74) is 0. The third kappa shape index (κ3) is 4.71. The van der Waals surface area contributed by atoms with Gasteiger partial charge in [0.25, 0.3) is 0 Å². The quantitative estimate of drug-likeness (QED) is 0.620. The largest absolute Gasteiger partial charge is 0.299 e. The van der Waals surface area contributed by atoms with Gasteiger partial charge in [-0.05, 0) is 13.8 Å². The van der Waals surface area contributed by atoms with Crippen LogP contribution in [0.5, 0.6) is 0 Å². The molecule has 3 nitrogen and oxygen atoms in total. The lowest BCUT2D eigenvalue weighted by Gasteiger charge is -2.23. The molecule has 0 unspecified atom stereocenters. The third-order valence-electron chi connectivity index (χ3n) is 1.75. The Labute approximate surface area is 74.2 Å². The summed E-state index contributed by atoms with van der Waals surface area (Å²) in [5, 5.41) is 16.8. The first-order chi connectivity index (χ1) is 5.72. The van der Waals surface area contributed by atoms with Crippen LogP contribution in [-0.4, -0.2) is 24.0 Å². The van der Waals surface area contributed by atoms with E-state index in [1.165, 1.54) is 0 Å². The van der Waals surface area contributed by atoms with Crippen LogP contribution in [0.2, 0.25) is 0 Å². The summed E-state index contributed by atoms with van der Waals surface area (Å²) in [5.74, 6) is 0. The molecule has 0 saturated carbocycles. The third-order valence-corrected chi connectivity index (χ3v) is 1.75. The van der Waals surface area contributed by atoms with Crippen LogP contribution >= 0.6 is 0 Å². The second-order valence-electron chi connectivity index (χ2n) is 2.95. The van der Waals surface area contributed by atoms with Gasteiger partial charge in [-0.2, -0.15) is 10.5 Å². The summed E-state index contributed by atoms with van der Waals surface area (Å²) in [6.07, 6.45) is 1.09. The van der Waals surface area contributed by atoms with E-state index in [0.717, 1.165) is 13.1 Å². The summed E-state index contributed by atoms with van der Waals surface area (Å²) < 4.78 is 0. The van der Waals surface area contributed by atoms with Crippen LogP contribution in [0.4, 0.5) is 0 Å². The Balaban J connectivity index is 3.73. The molecule has 0 rings (SSSR count). The van der Waals surface area contributed by atoms with Crippen LogP contribution in [-0.2, 0) is 0 Å². The highest BCUT2D eigenvalue weighted by Gasteiger charge is 2.07. The van der Waals surface area contributed by atoms with Crippen molar-refractivity contribution in [3.05, 3.63) is 0 Å². The van der Waals surface area contributed by atoms with E-state index in [-0.39, 0.29) is 0 Å². The second kappa shape index (κ2) is 6.64. The van der Waals surface area contributed by atoms with Crippen LogP contribution in [0, 0.1) is 22.7 Å². The number of hydrogen-bond donors (Lipinski definition) is 0. The molecule has 0 aromatic carbocycles. The first-order valence-electron chi connectivity index (χ1n) is 4.20. The Morgan fingerprint density at radius 1 is 1.08 bits per heavy atom. The van der Waals surface area contributed by atoms with Crippen LogP contribution in [0.25, 0.3) is 0 Å². The zero-order valence-electron chi connectivity index (χ0n) is 7.75. The summed E-state index contributed by atoms with van der Waals surface area (Å²) in [6, 6.07) is 4.63. The van der Waals surface area contributed by atoms with Crippen molar-refractivity contribution in [2.24, 2.45) is 0 Å². The average molecular weight is 165 g/mol. The monoisotopic (exact) mass is 165 g/mol. The van der Waals surface area contributed by atoms with Crippen molar-refractivity contribution in [2.45, 2.75) is 32.7 Å². The fraction of sp³-hybridized carbons (Fsp3) is 0.778. The minimum absolute atomic E-state index is 0.423. The smallest absolute Gasteiger partial charge is 0.0635 e. The maximum absolute atomic E-state index is 8.38. The summed E-state index contributed by atoms with van der Waals surface area (Å²) >= 11 is 0. The number of nitrogens with zero attached hydrogens (tertiary/aromatic N) is 3. The molecule has 3 heteroatoms. The van der Waals surface area contributed by atoms with E-state index in [1.807, 2.05) is 0 Å². The molecule has 0 atom stereocenters. The lowest BCUT2D eigenvalue weighted by molar-refractivity contribution is 0.232. The van der Waals surface area contributed by atoms with Gasteiger partial charge in [0, 0.05) is 32.0 Å². The Morgan fingerprint density at radius 3 is 1.75 bits per heavy atom. The number of hydrogen-bond acceptors (Lipinski definition) is 3. The van der Waals surface area contributed by atoms with E-state index in [2.05, 4.69) is 30.9 Å². The molecule has 0 amide bonds. The molecule has 0 saturated heterocycles. The van der Waals surface area contributed by atoms with E-state index >= 15 is 0 Å². The van der Waals surface area contributed by atoms with E-state index in [0.29, 0.717) is 18.9 Å². The minimum Gasteiger partial charge on any atom is -0.299 e. The van der Waals surface area contributed by atoms with Crippen molar-refractivity contribution < 1.29 is 0 Å². The molecular formula is C9H15N3. The molecule has 0 fully saturated rings. The molecule has 66 valence electrons. The maximum Gasteiger partial charge on any atom is 0.0635 e. The molecule has 0 aromatic rings. The number of rotatable bonds is 5. The molecule has 0 radical (unpaired) electrons. The van der Waals surface area contributed by atoms with E-state index < -0.39 is 0 Å². The first kappa shape index (κ1) is 10.9. The molecule has 0 aromatic heterocycles. The van der Waals surface area contributed by atoms with E-state index in [9.17, 15) is 0 Å². The zero-order chi connectivity index (χ0) is 9.40. The van der Waals surface area contributed by atoms with Crippen molar-refractivity contribution in [1.82, 2.24) is 4.90 Å². The van der Waals surface area contributed by atoms with Gasteiger partial charge >= 0.3 is 0 Å². The predicted octanol–water partition coefficient (Wildman–Crippen LogP) is 1.52. The van der Waals surface area contributed by atoms with Crippen molar-refractivity contribution in [3.8, 4) is 12.1 Å². The van der Waals surface area contributed by atoms with E-state index in [4.69, 9.17) is 10.5 Å². The van der Waals surface area contributed by atoms with E-state index in [1.54, 1.807) is 0 Å². The standard InChI is InChI=1S/C9H15N3/c1-9(2)12(7-3-5-10)8-4-6-11/h9H,3-4,7-8H2,1-2H3. The molecular weight excluding hydrogens is 150 g/mol. The highest BCUT2D eigenvalue weighted by molar-refractivity contribution is 4.77. The van der Waals surface area contributed by atoms with Gasteiger partial charge in [-0.15, -0.1) is 0 Å².